The molecule has 24 heavy (non-hydrogen) atoms. The summed E-state index contributed by atoms with van der Waals surface area (Å²) in [6, 6.07) is 14.6. The second-order valence-electron chi connectivity index (χ2n) is 6.61. The van der Waals surface area contributed by atoms with Crippen molar-refractivity contribution in [3.05, 3.63) is 65.5 Å². The Labute approximate surface area is 147 Å². The summed E-state index contributed by atoms with van der Waals surface area (Å²) in [5.74, 6) is 0.433. The Balaban J connectivity index is 1.70. The van der Waals surface area contributed by atoms with Crippen LogP contribution in [0.3, 0.4) is 0 Å². The van der Waals surface area contributed by atoms with Crippen molar-refractivity contribution in [2.75, 3.05) is 0 Å². The number of thiocarbonyl (C=S) groups is 1. The van der Waals surface area contributed by atoms with Crippen molar-refractivity contribution in [3.63, 3.8) is 0 Å². The largest absolute Gasteiger partial charge is 0.487 e. The minimum absolute atomic E-state index is 0.0878. The summed E-state index contributed by atoms with van der Waals surface area (Å²) in [5.41, 5.74) is 1.62. The van der Waals surface area contributed by atoms with Gasteiger partial charge in [0.15, 0.2) is 5.11 Å². The lowest BCUT2D eigenvalue weighted by molar-refractivity contribution is 0.0692. The Morgan fingerprint density at radius 3 is 2.75 bits per heavy atom. The summed E-state index contributed by atoms with van der Waals surface area (Å²) in [6.07, 6.45) is 0.705. The van der Waals surface area contributed by atoms with Crippen LogP contribution in [0.4, 0.5) is 4.39 Å². The zero-order valence-electron chi connectivity index (χ0n) is 13.8. The number of hydrogen-bond acceptors (Lipinski definition) is 2. The molecule has 0 aromatic heterocycles. The van der Waals surface area contributed by atoms with Crippen LogP contribution < -0.4 is 15.4 Å². The second-order valence-corrected chi connectivity index (χ2v) is 7.02. The molecule has 0 spiro atoms. The van der Waals surface area contributed by atoms with Crippen molar-refractivity contribution in [2.24, 2.45) is 0 Å². The zero-order valence-corrected chi connectivity index (χ0v) is 14.6. The molecule has 2 aromatic carbocycles. The van der Waals surface area contributed by atoms with E-state index in [4.69, 9.17) is 17.0 Å². The average molecular weight is 344 g/mol. The van der Waals surface area contributed by atoms with Gasteiger partial charge in [-0.2, -0.15) is 0 Å². The predicted octanol–water partition coefficient (Wildman–Crippen LogP) is 4.09. The lowest BCUT2D eigenvalue weighted by Gasteiger charge is -2.38. The van der Waals surface area contributed by atoms with E-state index in [1.54, 1.807) is 6.07 Å². The highest BCUT2D eigenvalue weighted by molar-refractivity contribution is 7.80. The van der Waals surface area contributed by atoms with Gasteiger partial charge in [0, 0.05) is 18.5 Å². The van der Waals surface area contributed by atoms with E-state index in [1.165, 1.54) is 12.1 Å². The summed E-state index contributed by atoms with van der Waals surface area (Å²) >= 11 is 5.41. The molecule has 5 heteroatoms. The number of ether oxygens (including phenoxy) is 1. The van der Waals surface area contributed by atoms with Gasteiger partial charge in [0.05, 0.1) is 6.04 Å². The van der Waals surface area contributed by atoms with Crippen LogP contribution in [-0.4, -0.2) is 10.7 Å². The molecule has 0 aliphatic carbocycles. The van der Waals surface area contributed by atoms with Crippen molar-refractivity contribution in [2.45, 2.75) is 38.5 Å². The monoisotopic (exact) mass is 344 g/mol. The summed E-state index contributed by atoms with van der Waals surface area (Å²) in [6.45, 7) is 4.69. The third kappa shape index (κ3) is 4.03. The molecular weight excluding hydrogens is 323 g/mol. The fourth-order valence-corrected chi connectivity index (χ4v) is 3.16. The zero-order chi connectivity index (χ0) is 17.2. The van der Waals surface area contributed by atoms with E-state index in [-0.39, 0.29) is 17.5 Å². The Morgan fingerprint density at radius 2 is 2.00 bits per heavy atom. The highest BCUT2D eigenvalue weighted by Gasteiger charge is 2.34. The van der Waals surface area contributed by atoms with Gasteiger partial charge in [-0.05, 0) is 49.8 Å². The van der Waals surface area contributed by atoms with Gasteiger partial charge in [0.25, 0.3) is 0 Å². The lowest BCUT2D eigenvalue weighted by atomic mass is 9.90. The first kappa shape index (κ1) is 16.7. The van der Waals surface area contributed by atoms with E-state index >= 15 is 0 Å². The second kappa shape index (κ2) is 6.77. The molecule has 126 valence electrons. The van der Waals surface area contributed by atoms with Crippen LogP contribution in [-0.2, 0) is 6.54 Å². The lowest BCUT2D eigenvalue weighted by Crippen LogP contribution is -2.44. The molecular formula is C19H21FN2OS. The molecule has 0 bridgehead atoms. The van der Waals surface area contributed by atoms with Gasteiger partial charge < -0.3 is 15.4 Å². The van der Waals surface area contributed by atoms with E-state index in [0.29, 0.717) is 23.8 Å². The molecule has 2 N–H and O–H groups in total. The van der Waals surface area contributed by atoms with Crippen molar-refractivity contribution in [3.8, 4) is 5.75 Å². The first-order chi connectivity index (χ1) is 11.4. The van der Waals surface area contributed by atoms with E-state index in [1.807, 2.05) is 44.2 Å². The maximum Gasteiger partial charge on any atom is 0.167 e. The summed E-state index contributed by atoms with van der Waals surface area (Å²) in [5, 5.41) is 7.06. The summed E-state index contributed by atoms with van der Waals surface area (Å²) in [4.78, 5) is 0. The number of hydrogen-bond donors (Lipinski definition) is 2. The number of halogens is 1. The quantitative estimate of drug-likeness (QED) is 0.822. The van der Waals surface area contributed by atoms with Crippen LogP contribution in [0.15, 0.2) is 48.5 Å². The Kier molecular flexibility index (Phi) is 4.71. The number of benzene rings is 2. The molecule has 0 saturated carbocycles. The third-order valence-corrected chi connectivity index (χ3v) is 4.29. The molecule has 0 fully saturated rings. The molecule has 1 heterocycles. The number of fused-ring (bicyclic) bond motifs is 1. The SMILES string of the molecule is CC1(C)CC(NC(=S)NCc2ccccc2)c2cc(F)ccc2O1. The topological polar surface area (TPSA) is 33.3 Å². The summed E-state index contributed by atoms with van der Waals surface area (Å²) in [7, 11) is 0. The van der Waals surface area contributed by atoms with Crippen molar-refractivity contribution >= 4 is 17.3 Å². The fraction of sp³-hybridized carbons (Fsp3) is 0.316. The standard InChI is InChI=1S/C19H21FN2OS/c1-19(2)11-16(15-10-14(20)8-9-17(15)23-19)22-18(24)21-12-13-6-4-3-5-7-13/h3-10,16H,11-12H2,1-2H3,(H2,21,22,24). The van der Waals surface area contributed by atoms with Gasteiger partial charge in [-0.15, -0.1) is 0 Å². The van der Waals surface area contributed by atoms with Crippen LogP contribution in [0.5, 0.6) is 5.75 Å². The molecule has 0 saturated heterocycles. The maximum atomic E-state index is 13.6. The minimum atomic E-state index is -0.336. The molecule has 0 amide bonds. The minimum Gasteiger partial charge on any atom is -0.487 e. The van der Waals surface area contributed by atoms with Crippen molar-refractivity contribution in [1.29, 1.82) is 0 Å². The average Bonchev–Trinajstić information content (AvgIpc) is 2.54. The first-order valence-corrected chi connectivity index (χ1v) is 8.40. The molecule has 3 nitrogen and oxygen atoms in total. The smallest absolute Gasteiger partial charge is 0.167 e. The van der Waals surface area contributed by atoms with Crippen molar-refractivity contribution < 1.29 is 9.13 Å². The summed E-state index contributed by atoms with van der Waals surface area (Å²) < 4.78 is 19.6. The molecule has 3 rings (SSSR count). The van der Waals surface area contributed by atoms with E-state index in [9.17, 15) is 4.39 Å². The fourth-order valence-electron chi connectivity index (χ4n) is 2.94. The number of nitrogens with one attached hydrogen (secondary N) is 2. The van der Waals surface area contributed by atoms with Crippen LogP contribution in [0.2, 0.25) is 0 Å². The Morgan fingerprint density at radius 1 is 1.25 bits per heavy atom. The van der Waals surface area contributed by atoms with E-state index in [0.717, 1.165) is 11.1 Å². The molecule has 0 radical (unpaired) electrons. The van der Waals surface area contributed by atoms with Crippen molar-refractivity contribution in [1.82, 2.24) is 10.6 Å². The van der Waals surface area contributed by atoms with Crippen LogP contribution in [0.25, 0.3) is 0 Å². The normalized spacial score (nSPS) is 18.2. The number of rotatable bonds is 3. The van der Waals surface area contributed by atoms with Crippen LogP contribution in [0.1, 0.15) is 37.4 Å². The molecule has 1 aliphatic heterocycles. The molecule has 1 atom stereocenters. The molecule has 1 aliphatic rings. The van der Waals surface area contributed by atoms with E-state index in [2.05, 4.69) is 10.6 Å². The van der Waals surface area contributed by atoms with Gasteiger partial charge >= 0.3 is 0 Å². The van der Waals surface area contributed by atoms with Crippen LogP contribution >= 0.6 is 12.2 Å². The maximum absolute atomic E-state index is 13.6. The highest BCUT2D eigenvalue weighted by atomic mass is 32.1. The van der Waals surface area contributed by atoms with Gasteiger partial charge in [-0.25, -0.2) is 4.39 Å². The van der Waals surface area contributed by atoms with Gasteiger partial charge in [-0.1, -0.05) is 30.3 Å². The van der Waals surface area contributed by atoms with Gasteiger partial charge in [-0.3, -0.25) is 0 Å². The molecule has 2 aromatic rings. The Hall–Kier alpha value is -2.14. The Bertz CT molecular complexity index is 733. The first-order valence-electron chi connectivity index (χ1n) is 8.00. The predicted molar refractivity (Wildman–Crippen MR) is 97.5 cm³/mol. The van der Waals surface area contributed by atoms with Gasteiger partial charge in [0.1, 0.15) is 17.2 Å². The van der Waals surface area contributed by atoms with Gasteiger partial charge in [0.2, 0.25) is 0 Å². The highest BCUT2D eigenvalue weighted by Crippen LogP contribution is 2.39. The van der Waals surface area contributed by atoms with E-state index < -0.39 is 0 Å². The molecule has 1 unspecified atom stereocenters. The third-order valence-electron chi connectivity index (χ3n) is 4.03. The van der Waals surface area contributed by atoms with Crippen LogP contribution in [0, 0.1) is 5.82 Å².